The van der Waals surface area contributed by atoms with Crippen LogP contribution < -0.4 is 5.32 Å². The molecule has 154 valence electrons. The van der Waals surface area contributed by atoms with Crippen molar-refractivity contribution in [2.75, 3.05) is 13.2 Å². The second kappa shape index (κ2) is 9.34. The predicted octanol–water partition coefficient (Wildman–Crippen LogP) is 2.10. The minimum absolute atomic E-state index is 0.274. The lowest BCUT2D eigenvalue weighted by Crippen LogP contribution is -2.45. The van der Waals surface area contributed by atoms with Crippen molar-refractivity contribution in [3.63, 3.8) is 0 Å². The van der Waals surface area contributed by atoms with Gasteiger partial charge in [-0.2, -0.15) is 0 Å². The van der Waals surface area contributed by atoms with E-state index in [9.17, 15) is 19.2 Å². The van der Waals surface area contributed by atoms with Gasteiger partial charge < -0.3 is 10.1 Å². The van der Waals surface area contributed by atoms with Crippen LogP contribution in [0.3, 0.4) is 0 Å². The number of fused-ring (bicyclic) bond motifs is 1. The average Bonchev–Trinajstić information content (AvgIpc) is 2.97. The molecule has 0 bridgehead atoms. The zero-order valence-corrected chi connectivity index (χ0v) is 16.6. The molecule has 7 nitrogen and oxygen atoms in total. The Labute approximate surface area is 165 Å². The van der Waals surface area contributed by atoms with Gasteiger partial charge in [0.2, 0.25) is 11.8 Å². The second-order valence-electron chi connectivity index (χ2n) is 8.04. The number of allylic oxidation sites excluding steroid dienone is 1. The molecule has 1 heterocycles. The van der Waals surface area contributed by atoms with Crippen molar-refractivity contribution in [1.82, 2.24) is 10.2 Å². The molecule has 0 aromatic rings. The maximum absolute atomic E-state index is 12.5. The fraction of sp³-hybridized carbons (Fsp3) is 0.714. The van der Waals surface area contributed by atoms with Gasteiger partial charge in [0.15, 0.2) is 6.61 Å². The fourth-order valence-corrected chi connectivity index (χ4v) is 4.48. The van der Waals surface area contributed by atoms with E-state index in [1.165, 1.54) is 25.3 Å². The Hall–Kier alpha value is -2.18. The highest BCUT2D eigenvalue weighted by molar-refractivity contribution is 6.07. The highest BCUT2D eigenvalue weighted by Crippen LogP contribution is 2.38. The fourth-order valence-electron chi connectivity index (χ4n) is 4.48. The number of hydrogen-bond donors (Lipinski definition) is 1. The molecule has 3 amide bonds. The Balaban J connectivity index is 1.42. The molecule has 1 saturated carbocycles. The number of likely N-dealkylation sites (tertiary alicyclic amines) is 1. The van der Waals surface area contributed by atoms with E-state index in [4.69, 9.17) is 4.74 Å². The third-order valence-electron chi connectivity index (χ3n) is 6.10. The molecule has 2 aliphatic carbocycles. The van der Waals surface area contributed by atoms with E-state index in [0.717, 1.165) is 37.0 Å². The van der Waals surface area contributed by atoms with Gasteiger partial charge in [-0.1, -0.05) is 24.5 Å². The van der Waals surface area contributed by atoms with Crippen LogP contribution in [0.2, 0.25) is 0 Å². The van der Waals surface area contributed by atoms with Crippen LogP contribution in [0, 0.1) is 11.8 Å². The topological polar surface area (TPSA) is 92.8 Å². The Morgan fingerprint density at radius 1 is 1.14 bits per heavy atom. The van der Waals surface area contributed by atoms with Gasteiger partial charge in [0, 0.05) is 6.54 Å². The van der Waals surface area contributed by atoms with Crippen LogP contribution in [-0.4, -0.2) is 47.8 Å². The number of imide groups is 1. The molecule has 7 heteroatoms. The smallest absolute Gasteiger partial charge is 0.329 e. The number of nitrogens with one attached hydrogen (secondary N) is 1. The van der Waals surface area contributed by atoms with E-state index in [1.807, 2.05) is 0 Å². The van der Waals surface area contributed by atoms with Crippen molar-refractivity contribution in [1.29, 1.82) is 0 Å². The molecule has 0 radical (unpaired) electrons. The summed E-state index contributed by atoms with van der Waals surface area (Å²) < 4.78 is 5.06. The summed E-state index contributed by atoms with van der Waals surface area (Å²) in [5.41, 5.74) is 1.37. The number of carbonyl (C=O) groups is 4. The minimum atomic E-state index is -0.995. The van der Waals surface area contributed by atoms with E-state index in [-0.39, 0.29) is 29.6 Å². The molecule has 2 fully saturated rings. The third-order valence-corrected chi connectivity index (χ3v) is 6.10. The van der Waals surface area contributed by atoms with Crippen LogP contribution >= 0.6 is 0 Å². The number of carbonyl (C=O) groups excluding carboxylic acids is 4. The largest absolute Gasteiger partial charge is 0.454 e. The lowest BCUT2D eigenvalue weighted by molar-refractivity contribution is -0.159. The van der Waals surface area contributed by atoms with Gasteiger partial charge in [-0.05, 0) is 51.9 Å². The van der Waals surface area contributed by atoms with Crippen molar-refractivity contribution in [3.8, 4) is 0 Å². The van der Waals surface area contributed by atoms with Gasteiger partial charge in [0.1, 0.15) is 6.04 Å². The lowest BCUT2D eigenvalue weighted by Gasteiger charge is -2.21. The first-order valence-electron chi connectivity index (χ1n) is 10.5. The van der Waals surface area contributed by atoms with Crippen molar-refractivity contribution >= 4 is 23.7 Å². The van der Waals surface area contributed by atoms with Crippen LogP contribution in [0.25, 0.3) is 0 Å². The average molecular weight is 390 g/mol. The first-order valence-corrected chi connectivity index (χ1v) is 10.5. The number of esters is 1. The van der Waals surface area contributed by atoms with Crippen molar-refractivity contribution in [2.45, 2.75) is 70.8 Å². The summed E-state index contributed by atoms with van der Waals surface area (Å²) in [5, 5.41) is 2.75. The maximum Gasteiger partial charge on any atom is 0.329 e. The molecule has 1 saturated heterocycles. The van der Waals surface area contributed by atoms with Crippen LogP contribution in [0.15, 0.2) is 11.6 Å². The van der Waals surface area contributed by atoms with E-state index in [2.05, 4.69) is 11.4 Å². The molecule has 1 aliphatic heterocycles. The standard InChI is InChI=1S/C21H30N2O5/c1-14(23-19(25)16-9-5-6-10-17(16)20(23)26)21(27)28-13-18(24)22-12-11-15-7-3-2-4-8-15/h7,14,16-17H,2-6,8-13H2,1H3,(H,22,24)/t14-,16?,17?/m0/s1. The summed E-state index contributed by atoms with van der Waals surface area (Å²) >= 11 is 0. The Kier molecular flexibility index (Phi) is 6.86. The first kappa shape index (κ1) is 20.6. The van der Waals surface area contributed by atoms with Crippen LogP contribution in [0.5, 0.6) is 0 Å². The van der Waals surface area contributed by atoms with Gasteiger partial charge in [-0.15, -0.1) is 0 Å². The third kappa shape index (κ3) is 4.62. The first-order chi connectivity index (χ1) is 13.5. The van der Waals surface area contributed by atoms with Crippen molar-refractivity contribution < 1.29 is 23.9 Å². The van der Waals surface area contributed by atoms with E-state index >= 15 is 0 Å². The zero-order valence-electron chi connectivity index (χ0n) is 16.6. The lowest BCUT2D eigenvalue weighted by atomic mass is 9.81. The molecular formula is C21H30N2O5. The van der Waals surface area contributed by atoms with Crippen molar-refractivity contribution in [2.24, 2.45) is 11.8 Å². The van der Waals surface area contributed by atoms with Gasteiger partial charge in [-0.3, -0.25) is 19.3 Å². The molecule has 0 aromatic heterocycles. The number of rotatable bonds is 7. The summed E-state index contributed by atoms with van der Waals surface area (Å²) in [6.45, 7) is 1.61. The Bertz CT molecular complexity index is 648. The van der Waals surface area contributed by atoms with Gasteiger partial charge in [-0.25, -0.2) is 4.79 Å². The summed E-state index contributed by atoms with van der Waals surface area (Å²) in [5.74, 6) is -2.23. The van der Waals surface area contributed by atoms with Gasteiger partial charge in [0.25, 0.3) is 5.91 Å². The molecule has 0 spiro atoms. The molecule has 1 N–H and O–H groups in total. The summed E-state index contributed by atoms with van der Waals surface area (Å²) in [7, 11) is 0. The van der Waals surface area contributed by atoms with Crippen LogP contribution in [0.4, 0.5) is 0 Å². The molecule has 3 aliphatic rings. The highest BCUT2D eigenvalue weighted by Gasteiger charge is 2.51. The second-order valence-corrected chi connectivity index (χ2v) is 8.04. The monoisotopic (exact) mass is 390 g/mol. The molecule has 2 unspecified atom stereocenters. The molecule has 3 atom stereocenters. The molecule has 3 rings (SSSR count). The number of amides is 3. The summed E-state index contributed by atoms with van der Waals surface area (Å²) in [4.78, 5) is 50.3. The quantitative estimate of drug-likeness (QED) is 0.408. The number of nitrogens with zero attached hydrogens (tertiary/aromatic N) is 1. The summed E-state index contributed by atoms with van der Waals surface area (Å²) in [6.07, 6.45) is 10.9. The minimum Gasteiger partial charge on any atom is -0.454 e. The Morgan fingerprint density at radius 3 is 2.43 bits per heavy atom. The summed E-state index contributed by atoms with van der Waals surface area (Å²) in [6, 6.07) is -0.995. The van der Waals surface area contributed by atoms with Crippen LogP contribution in [0.1, 0.15) is 64.7 Å². The number of hydrogen-bond acceptors (Lipinski definition) is 5. The SMILES string of the molecule is C[C@@H](C(=O)OCC(=O)NCCC1=CCCCC1)N1C(=O)C2CCCCC2C1=O. The molecular weight excluding hydrogens is 360 g/mol. The highest BCUT2D eigenvalue weighted by atomic mass is 16.5. The van der Waals surface area contributed by atoms with Gasteiger partial charge >= 0.3 is 5.97 Å². The zero-order chi connectivity index (χ0) is 20.1. The maximum atomic E-state index is 12.5. The van der Waals surface area contributed by atoms with E-state index in [0.29, 0.717) is 19.4 Å². The van der Waals surface area contributed by atoms with Crippen molar-refractivity contribution in [3.05, 3.63) is 11.6 Å². The Morgan fingerprint density at radius 2 is 1.82 bits per heavy atom. The van der Waals surface area contributed by atoms with Crippen LogP contribution in [-0.2, 0) is 23.9 Å². The molecule has 0 aromatic carbocycles. The molecule has 28 heavy (non-hydrogen) atoms. The number of ether oxygens (including phenoxy) is 1. The van der Waals surface area contributed by atoms with Gasteiger partial charge in [0.05, 0.1) is 11.8 Å². The predicted molar refractivity (Wildman–Crippen MR) is 102 cm³/mol. The van der Waals surface area contributed by atoms with E-state index < -0.39 is 18.6 Å². The van der Waals surface area contributed by atoms with E-state index in [1.54, 1.807) is 0 Å². The normalized spacial score (nSPS) is 25.8.